The standard InChI is InChI=1S/C19H23F2N3O7S/c1-3-32(26,27)24-8-6-12(7-9-24)18(25)29-11-16-22-17(23-31-16)13-4-5-14(30-19(20)21)15(10-13)28-2/h4-5,10,12,19H,3,6-9,11H2,1-2H3. The van der Waals surface area contributed by atoms with Gasteiger partial charge in [-0.05, 0) is 38.0 Å². The molecule has 176 valence electrons. The van der Waals surface area contributed by atoms with Crippen LogP contribution < -0.4 is 9.47 Å². The molecule has 0 bridgehead atoms. The lowest BCUT2D eigenvalue weighted by atomic mass is 9.98. The lowest BCUT2D eigenvalue weighted by Gasteiger charge is -2.29. The molecule has 0 aliphatic carbocycles. The van der Waals surface area contributed by atoms with Crippen LogP contribution in [0, 0.1) is 5.92 Å². The van der Waals surface area contributed by atoms with Gasteiger partial charge in [0.05, 0.1) is 18.8 Å². The molecule has 1 fully saturated rings. The molecule has 2 aromatic rings. The van der Waals surface area contributed by atoms with Gasteiger partial charge in [-0.1, -0.05) is 5.16 Å². The Balaban J connectivity index is 1.56. The molecule has 0 N–H and O–H groups in total. The first kappa shape index (κ1) is 23.9. The number of nitrogens with zero attached hydrogens (tertiary/aromatic N) is 3. The molecule has 0 amide bonds. The van der Waals surface area contributed by atoms with E-state index in [1.807, 2.05) is 0 Å². The number of carbonyl (C=O) groups is 1. The lowest BCUT2D eigenvalue weighted by Crippen LogP contribution is -2.41. The van der Waals surface area contributed by atoms with Crippen molar-refractivity contribution in [1.82, 2.24) is 14.4 Å². The molecular weight excluding hydrogens is 452 g/mol. The molecular formula is C19H23F2N3O7S. The van der Waals surface area contributed by atoms with Crippen LogP contribution in [-0.2, 0) is 26.2 Å². The minimum atomic E-state index is -3.27. The minimum absolute atomic E-state index is 0.0233. The molecule has 0 spiro atoms. The molecule has 1 aliphatic rings. The second-order valence-corrected chi connectivity index (χ2v) is 9.20. The van der Waals surface area contributed by atoms with E-state index in [1.165, 1.54) is 29.6 Å². The third kappa shape index (κ3) is 5.71. The first-order chi connectivity index (χ1) is 15.2. The van der Waals surface area contributed by atoms with Crippen molar-refractivity contribution < 1.29 is 40.7 Å². The topological polar surface area (TPSA) is 121 Å². The Morgan fingerprint density at radius 3 is 2.62 bits per heavy atom. The summed E-state index contributed by atoms with van der Waals surface area (Å²) >= 11 is 0. The van der Waals surface area contributed by atoms with Gasteiger partial charge in [0.2, 0.25) is 15.8 Å². The molecule has 32 heavy (non-hydrogen) atoms. The van der Waals surface area contributed by atoms with Crippen molar-refractivity contribution >= 4 is 16.0 Å². The van der Waals surface area contributed by atoms with Crippen LogP contribution in [0.5, 0.6) is 11.5 Å². The van der Waals surface area contributed by atoms with Crippen LogP contribution in [0.25, 0.3) is 11.4 Å². The SMILES string of the molecule is CCS(=O)(=O)N1CCC(C(=O)OCc2nc(-c3ccc(OC(F)F)c(OC)c3)no2)CC1. The number of benzene rings is 1. The maximum absolute atomic E-state index is 12.4. The van der Waals surface area contributed by atoms with Crippen LogP contribution in [0.15, 0.2) is 22.7 Å². The fraction of sp³-hybridized carbons (Fsp3) is 0.526. The number of sulfonamides is 1. The number of alkyl halides is 2. The van der Waals surface area contributed by atoms with Gasteiger partial charge in [0.25, 0.3) is 5.89 Å². The summed E-state index contributed by atoms with van der Waals surface area (Å²) in [6.07, 6.45) is 0.750. The lowest BCUT2D eigenvalue weighted by molar-refractivity contribution is -0.152. The van der Waals surface area contributed by atoms with Gasteiger partial charge in [-0.2, -0.15) is 13.8 Å². The van der Waals surface area contributed by atoms with Gasteiger partial charge in [-0.15, -0.1) is 0 Å². The highest BCUT2D eigenvalue weighted by Crippen LogP contribution is 2.32. The van der Waals surface area contributed by atoms with E-state index in [-0.39, 0.29) is 48.7 Å². The zero-order valence-corrected chi connectivity index (χ0v) is 18.3. The Hall–Kier alpha value is -2.80. The zero-order chi connectivity index (χ0) is 23.3. The van der Waals surface area contributed by atoms with Crippen LogP contribution in [0.3, 0.4) is 0 Å². The fourth-order valence-electron chi connectivity index (χ4n) is 3.23. The average Bonchev–Trinajstić information content (AvgIpc) is 3.26. The number of carbonyl (C=O) groups excluding carboxylic acids is 1. The zero-order valence-electron chi connectivity index (χ0n) is 17.5. The van der Waals surface area contributed by atoms with Crippen LogP contribution in [-0.4, -0.2) is 61.4 Å². The molecule has 10 nitrogen and oxygen atoms in total. The van der Waals surface area contributed by atoms with Gasteiger partial charge < -0.3 is 18.7 Å². The number of rotatable bonds is 9. The summed E-state index contributed by atoms with van der Waals surface area (Å²) in [7, 11) is -1.96. The number of esters is 1. The summed E-state index contributed by atoms with van der Waals surface area (Å²) < 4.78 is 69.8. The number of aromatic nitrogens is 2. The van der Waals surface area contributed by atoms with Crippen LogP contribution in [0.1, 0.15) is 25.7 Å². The Bertz CT molecular complexity index is 1040. The first-order valence-corrected chi connectivity index (χ1v) is 11.4. The summed E-state index contributed by atoms with van der Waals surface area (Å²) in [5.74, 6) is -0.725. The van der Waals surface area contributed by atoms with Gasteiger partial charge >= 0.3 is 12.6 Å². The third-order valence-electron chi connectivity index (χ3n) is 4.99. The van der Waals surface area contributed by atoms with Crippen molar-refractivity contribution in [3.8, 4) is 22.9 Å². The maximum atomic E-state index is 12.4. The Kier molecular flexibility index (Phi) is 7.61. The van der Waals surface area contributed by atoms with Gasteiger partial charge in [-0.3, -0.25) is 4.79 Å². The molecule has 3 rings (SSSR count). The Morgan fingerprint density at radius 1 is 1.28 bits per heavy atom. The minimum Gasteiger partial charge on any atom is -0.493 e. The van der Waals surface area contributed by atoms with Crippen LogP contribution in [0.4, 0.5) is 8.78 Å². The fourth-order valence-corrected chi connectivity index (χ4v) is 4.37. The van der Waals surface area contributed by atoms with E-state index >= 15 is 0 Å². The summed E-state index contributed by atoms with van der Waals surface area (Å²) in [4.78, 5) is 16.4. The van der Waals surface area contributed by atoms with E-state index < -0.39 is 28.5 Å². The molecule has 1 aromatic heterocycles. The van der Waals surface area contributed by atoms with Gasteiger partial charge in [0.15, 0.2) is 18.1 Å². The van der Waals surface area contributed by atoms with Gasteiger partial charge in [0, 0.05) is 18.7 Å². The average molecular weight is 475 g/mol. The molecule has 0 unspecified atom stereocenters. The second kappa shape index (κ2) is 10.2. The van der Waals surface area contributed by atoms with Crippen molar-refractivity contribution in [2.75, 3.05) is 26.0 Å². The van der Waals surface area contributed by atoms with E-state index in [1.54, 1.807) is 6.92 Å². The number of hydrogen-bond donors (Lipinski definition) is 0. The number of piperidine rings is 1. The highest BCUT2D eigenvalue weighted by molar-refractivity contribution is 7.89. The van der Waals surface area contributed by atoms with Crippen molar-refractivity contribution in [3.63, 3.8) is 0 Å². The second-order valence-electron chi connectivity index (χ2n) is 6.94. The highest BCUT2D eigenvalue weighted by Gasteiger charge is 2.31. The normalized spacial score (nSPS) is 15.7. The van der Waals surface area contributed by atoms with E-state index in [9.17, 15) is 22.0 Å². The molecule has 0 saturated carbocycles. The number of halogens is 2. The van der Waals surface area contributed by atoms with Crippen molar-refractivity contribution in [2.45, 2.75) is 33.0 Å². The number of hydrogen-bond acceptors (Lipinski definition) is 9. The highest BCUT2D eigenvalue weighted by atomic mass is 32.2. The maximum Gasteiger partial charge on any atom is 0.387 e. The third-order valence-corrected chi connectivity index (χ3v) is 6.87. The molecule has 2 heterocycles. The van der Waals surface area contributed by atoms with Crippen molar-refractivity contribution in [1.29, 1.82) is 0 Å². The van der Waals surface area contributed by atoms with E-state index in [0.29, 0.717) is 18.4 Å². The molecule has 1 aliphatic heterocycles. The largest absolute Gasteiger partial charge is 0.493 e. The summed E-state index contributed by atoms with van der Waals surface area (Å²) in [6, 6.07) is 4.16. The Labute approximate surface area is 183 Å². The smallest absolute Gasteiger partial charge is 0.387 e. The van der Waals surface area contributed by atoms with E-state index in [0.717, 1.165) is 0 Å². The van der Waals surface area contributed by atoms with E-state index in [2.05, 4.69) is 14.9 Å². The number of methoxy groups -OCH3 is 1. The monoisotopic (exact) mass is 475 g/mol. The summed E-state index contributed by atoms with van der Waals surface area (Å²) in [5, 5.41) is 3.79. The van der Waals surface area contributed by atoms with Crippen LogP contribution >= 0.6 is 0 Å². The molecule has 1 saturated heterocycles. The Morgan fingerprint density at radius 2 is 2.00 bits per heavy atom. The molecule has 0 radical (unpaired) electrons. The predicted molar refractivity (Wildman–Crippen MR) is 106 cm³/mol. The van der Waals surface area contributed by atoms with Gasteiger partial charge in [-0.25, -0.2) is 12.7 Å². The molecule has 0 atom stereocenters. The predicted octanol–water partition coefficient (Wildman–Crippen LogP) is 2.45. The van der Waals surface area contributed by atoms with E-state index in [4.69, 9.17) is 14.0 Å². The quantitative estimate of drug-likeness (QED) is 0.504. The summed E-state index contributed by atoms with van der Waals surface area (Å²) in [6.45, 7) is -1.12. The number of ether oxygens (including phenoxy) is 3. The molecule has 13 heteroatoms. The van der Waals surface area contributed by atoms with Crippen molar-refractivity contribution in [2.24, 2.45) is 5.92 Å². The van der Waals surface area contributed by atoms with Crippen LogP contribution in [0.2, 0.25) is 0 Å². The first-order valence-electron chi connectivity index (χ1n) is 9.83. The van der Waals surface area contributed by atoms with Crippen molar-refractivity contribution in [3.05, 3.63) is 24.1 Å². The summed E-state index contributed by atoms with van der Waals surface area (Å²) in [5.41, 5.74) is 0.425. The van der Waals surface area contributed by atoms with Gasteiger partial charge in [0.1, 0.15) is 0 Å². The molecule has 1 aromatic carbocycles.